The molecule has 1 saturated heterocycles. The molecule has 1 amide bonds. The highest BCUT2D eigenvalue weighted by molar-refractivity contribution is 7.99. The van der Waals surface area contributed by atoms with Gasteiger partial charge in [-0.2, -0.15) is 0 Å². The zero-order valence-corrected chi connectivity index (χ0v) is 16.9. The Kier molecular flexibility index (Phi) is 6.26. The number of aromatic nitrogens is 2. The van der Waals surface area contributed by atoms with Crippen LogP contribution in [0.25, 0.3) is 11.5 Å². The van der Waals surface area contributed by atoms with Gasteiger partial charge in [0.1, 0.15) is 11.5 Å². The summed E-state index contributed by atoms with van der Waals surface area (Å²) in [7, 11) is 3.17. The summed E-state index contributed by atoms with van der Waals surface area (Å²) in [6.45, 7) is 4.22. The molecule has 2 aromatic rings. The van der Waals surface area contributed by atoms with Crippen LogP contribution in [0.15, 0.2) is 27.8 Å². The number of carbonyl (C=O) groups excluding carboxylic acids is 1. The molecule has 1 aliphatic rings. The highest BCUT2D eigenvalue weighted by Crippen LogP contribution is 2.34. The van der Waals surface area contributed by atoms with Gasteiger partial charge in [0.05, 0.1) is 25.5 Å². The predicted molar refractivity (Wildman–Crippen MR) is 103 cm³/mol. The van der Waals surface area contributed by atoms with Gasteiger partial charge < -0.3 is 18.8 Å². The van der Waals surface area contributed by atoms with Crippen molar-refractivity contribution < 1.29 is 18.7 Å². The van der Waals surface area contributed by atoms with Crippen molar-refractivity contribution in [3.8, 4) is 23.0 Å². The van der Waals surface area contributed by atoms with Gasteiger partial charge in [0.2, 0.25) is 5.91 Å². The maximum Gasteiger partial charge on any atom is 0.277 e. The minimum absolute atomic E-state index is 0.112. The van der Waals surface area contributed by atoms with Crippen LogP contribution in [0.4, 0.5) is 0 Å². The summed E-state index contributed by atoms with van der Waals surface area (Å²) < 4.78 is 16.3. The molecule has 0 N–H and O–H groups in total. The second-order valence-electron chi connectivity index (χ2n) is 6.66. The van der Waals surface area contributed by atoms with Gasteiger partial charge in [-0.25, -0.2) is 0 Å². The fourth-order valence-electron chi connectivity index (χ4n) is 3.46. The van der Waals surface area contributed by atoms with E-state index in [1.807, 2.05) is 11.0 Å². The van der Waals surface area contributed by atoms with Crippen LogP contribution in [0, 0.1) is 0 Å². The van der Waals surface area contributed by atoms with Gasteiger partial charge in [-0.1, -0.05) is 11.8 Å². The third-order valence-electron chi connectivity index (χ3n) is 4.85. The Labute approximate surface area is 163 Å². The Morgan fingerprint density at radius 1 is 1.22 bits per heavy atom. The van der Waals surface area contributed by atoms with Crippen LogP contribution in [-0.2, 0) is 4.79 Å². The topological polar surface area (TPSA) is 77.7 Å². The molecule has 1 aliphatic heterocycles. The summed E-state index contributed by atoms with van der Waals surface area (Å²) in [5.74, 6) is 2.02. The minimum Gasteiger partial charge on any atom is -0.497 e. The first-order chi connectivity index (χ1) is 13.0. The number of nitrogens with zero attached hydrogens (tertiary/aromatic N) is 3. The number of thioether (sulfide) groups is 1. The van der Waals surface area contributed by atoms with Crippen LogP contribution in [0.5, 0.6) is 11.5 Å². The van der Waals surface area contributed by atoms with E-state index in [4.69, 9.17) is 13.9 Å². The molecular formula is C19H25N3O4S. The number of ether oxygens (including phenoxy) is 2. The number of amides is 1. The van der Waals surface area contributed by atoms with Gasteiger partial charge in [0.25, 0.3) is 11.1 Å². The van der Waals surface area contributed by atoms with Gasteiger partial charge >= 0.3 is 0 Å². The third-order valence-corrected chi connectivity index (χ3v) is 5.65. The van der Waals surface area contributed by atoms with Crippen molar-refractivity contribution in [2.75, 3.05) is 20.0 Å². The van der Waals surface area contributed by atoms with Crippen molar-refractivity contribution in [3.63, 3.8) is 0 Å². The largest absolute Gasteiger partial charge is 0.497 e. The summed E-state index contributed by atoms with van der Waals surface area (Å²) in [5, 5.41) is 8.51. The lowest BCUT2D eigenvalue weighted by Gasteiger charge is -2.39. The van der Waals surface area contributed by atoms with Crippen molar-refractivity contribution >= 4 is 17.7 Å². The highest BCUT2D eigenvalue weighted by atomic mass is 32.2. The Morgan fingerprint density at radius 3 is 2.63 bits per heavy atom. The zero-order chi connectivity index (χ0) is 19.4. The number of carbonyl (C=O) groups is 1. The molecule has 1 fully saturated rings. The van der Waals surface area contributed by atoms with Crippen LogP contribution in [-0.4, -0.2) is 53.1 Å². The van der Waals surface area contributed by atoms with Crippen LogP contribution in [0.1, 0.15) is 33.1 Å². The Hall–Kier alpha value is -2.22. The van der Waals surface area contributed by atoms with E-state index in [9.17, 15) is 4.79 Å². The molecule has 3 rings (SSSR count). The van der Waals surface area contributed by atoms with Crippen LogP contribution in [0.2, 0.25) is 0 Å². The number of piperidine rings is 1. The van der Waals surface area contributed by atoms with E-state index >= 15 is 0 Å². The molecule has 0 aliphatic carbocycles. The van der Waals surface area contributed by atoms with E-state index in [0.29, 0.717) is 28.2 Å². The Morgan fingerprint density at radius 2 is 1.96 bits per heavy atom. The number of benzene rings is 1. The molecule has 1 aromatic heterocycles. The Balaban J connectivity index is 1.67. The molecule has 0 saturated carbocycles. The van der Waals surface area contributed by atoms with Crippen molar-refractivity contribution in [2.24, 2.45) is 0 Å². The summed E-state index contributed by atoms with van der Waals surface area (Å²) in [6.07, 6.45) is 3.29. The van der Waals surface area contributed by atoms with Crippen molar-refractivity contribution in [1.29, 1.82) is 0 Å². The number of rotatable bonds is 6. The second-order valence-corrected chi connectivity index (χ2v) is 7.58. The monoisotopic (exact) mass is 391 g/mol. The van der Waals surface area contributed by atoms with E-state index in [1.165, 1.54) is 18.2 Å². The van der Waals surface area contributed by atoms with Crippen LogP contribution < -0.4 is 9.47 Å². The van der Waals surface area contributed by atoms with Crippen LogP contribution >= 0.6 is 11.8 Å². The summed E-state index contributed by atoms with van der Waals surface area (Å²) in [5.41, 5.74) is 0.683. The Bertz CT molecular complexity index is 785. The average molecular weight is 391 g/mol. The van der Waals surface area contributed by atoms with Gasteiger partial charge in [-0.05, 0) is 45.2 Å². The van der Waals surface area contributed by atoms with Crippen molar-refractivity contribution in [3.05, 3.63) is 18.2 Å². The van der Waals surface area contributed by atoms with E-state index in [1.54, 1.807) is 26.4 Å². The molecule has 1 aromatic carbocycles. The van der Waals surface area contributed by atoms with E-state index in [-0.39, 0.29) is 23.7 Å². The van der Waals surface area contributed by atoms with Crippen LogP contribution in [0.3, 0.4) is 0 Å². The zero-order valence-electron chi connectivity index (χ0n) is 16.1. The fourth-order valence-corrected chi connectivity index (χ4v) is 4.10. The maximum absolute atomic E-state index is 12.6. The van der Waals surface area contributed by atoms with Gasteiger partial charge in [0, 0.05) is 18.2 Å². The highest BCUT2D eigenvalue weighted by Gasteiger charge is 2.29. The number of methoxy groups -OCH3 is 2. The molecule has 0 bridgehead atoms. The van der Waals surface area contributed by atoms with Gasteiger partial charge in [-0.15, -0.1) is 10.2 Å². The first kappa shape index (κ1) is 19.5. The molecule has 0 radical (unpaired) electrons. The normalized spacial score (nSPS) is 19.8. The molecule has 2 unspecified atom stereocenters. The molecule has 8 heteroatoms. The number of hydrogen-bond donors (Lipinski definition) is 0. The van der Waals surface area contributed by atoms with Crippen molar-refractivity contribution in [1.82, 2.24) is 15.1 Å². The second kappa shape index (κ2) is 8.65. The van der Waals surface area contributed by atoms with E-state index in [0.717, 1.165) is 12.8 Å². The molecule has 0 spiro atoms. The van der Waals surface area contributed by atoms with Gasteiger partial charge in [-0.3, -0.25) is 4.79 Å². The molecular weight excluding hydrogens is 366 g/mol. The lowest BCUT2D eigenvalue weighted by Crippen LogP contribution is -2.48. The predicted octanol–water partition coefficient (Wildman–Crippen LogP) is 3.64. The standard InChI is InChI=1S/C19H25N3O4S/c1-12-6-5-7-13(2)22(12)17(23)11-27-19-21-20-18(26-19)15-9-8-14(24-3)10-16(15)25-4/h8-10,12-13H,5-7,11H2,1-4H3. The first-order valence-electron chi connectivity index (χ1n) is 9.03. The fraction of sp³-hybridized carbons (Fsp3) is 0.526. The minimum atomic E-state index is 0.112. The number of likely N-dealkylation sites (tertiary alicyclic amines) is 1. The molecule has 7 nitrogen and oxygen atoms in total. The average Bonchev–Trinajstić information content (AvgIpc) is 3.14. The van der Waals surface area contributed by atoms with E-state index in [2.05, 4.69) is 24.0 Å². The van der Waals surface area contributed by atoms with Crippen molar-refractivity contribution in [2.45, 2.75) is 50.4 Å². The SMILES string of the molecule is COc1ccc(-c2nnc(SCC(=O)N3C(C)CCCC3C)o2)c(OC)c1. The summed E-state index contributed by atoms with van der Waals surface area (Å²) in [4.78, 5) is 14.6. The van der Waals surface area contributed by atoms with Gasteiger partial charge in [0.15, 0.2) is 0 Å². The molecule has 2 heterocycles. The quantitative estimate of drug-likeness (QED) is 0.696. The number of hydrogen-bond acceptors (Lipinski definition) is 7. The van der Waals surface area contributed by atoms with E-state index < -0.39 is 0 Å². The maximum atomic E-state index is 12.6. The lowest BCUT2D eigenvalue weighted by molar-refractivity contribution is -0.134. The third kappa shape index (κ3) is 4.37. The molecule has 2 atom stereocenters. The lowest BCUT2D eigenvalue weighted by atomic mass is 9.98. The molecule has 146 valence electrons. The molecule has 27 heavy (non-hydrogen) atoms. The summed E-state index contributed by atoms with van der Waals surface area (Å²) >= 11 is 1.27. The smallest absolute Gasteiger partial charge is 0.277 e. The first-order valence-corrected chi connectivity index (χ1v) is 10.0. The summed E-state index contributed by atoms with van der Waals surface area (Å²) in [6, 6.07) is 5.93.